The standard InChI is InChI=1S/C23H20Cl2F4N4O4/c1-2-17(23(27,28)29)30-22(37)12-7-33(19-13(24)5-10(26)6-14(19)25)21-11(20(12)36)3-4-18(31-21)32-8-15(34)16(35)9-32/h3-7,15-17,34-35H,2,8-9H2,1H3,(H,30,37)/t15-,16-,17-/m1/s1. The molecule has 3 atom stereocenters. The number of halogens is 6. The number of hydrogen-bond donors (Lipinski definition) is 3. The molecule has 4 rings (SSSR count). The highest BCUT2D eigenvalue weighted by atomic mass is 35.5. The van der Waals surface area contributed by atoms with E-state index in [2.05, 4.69) is 4.98 Å². The first-order valence-corrected chi connectivity index (χ1v) is 11.8. The van der Waals surface area contributed by atoms with Gasteiger partial charge in [0.2, 0.25) is 5.43 Å². The van der Waals surface area contributed by atoms with Crippen LogP contribution in [0.5, 0.6) is 0 Å². The number of benzene rings is 1. The predicted molar refractivity (Wildman–Crippen MR) is 129 cm³/mol. The molecule has 1 aliphatic rings. The fraction of sp³-hybridized carbons (Fsp3) is 0.348. The average molecular weight is 563 g/mol. The number of nitrogens with zero attached hydrogens (tertiary/aromatic N) is 3. The molecular formula is C23H20Cl2F4N4O4. The first kappa shape index (κ1) is 27.1. The van der Waals surface area contributed by atoms with Crippen molar-refractivity contribution < 1.29 is 32.6 Å². The quantitative estimate of drug-likeness (QED) is 0.411. The van der Waals surface area contributed by atoms with Crippen molar-refractivity contribution in [2.45, 2.75) is 37.8 Å². The third kappa shape index (κ3) is 5.24. The van der Waals surface area contributed by atoms with Gasteiger partial charge in [-0.05, 0) is 30.7 Å². The number of aliphatic hydroxyl groups excluding tert-OH is 2. The van der Waals surface area contributed by atoms with Gasteiger partial charge in [-0.25, -0.2) is 9.37 Å². The average Bonchev–Trinajstić information content (AvgIpc) is 3.15. The molecule has 0 radical (unpaired) electrons. The number of nitrogens with one attached hydrogen (secondary N) is 1. The van der Waals surface area contributed by atoms with Crippen LogP contribution in [0.25, 0.3) is 16.7 Å². The molecule has 0 bridgehead atoms. The van der Waals surface area contributed by atoms with Gasteiger partial charge < -0.3 is 20.4 Å². The minimum Gasteiger partial charge on any atom is -0.389 e. The number of carbonyl (C=O) groups is 1. The molecule has 37 heavy (non-hydrogen) atoms. The molecule has 0 unspecified atom stereocenters. The molecular weight excluding hydrogens is 543 g/mol. The summed E-state index contributed by atoms with van der Waals surface area (Å²) in [4.78, 5) is 32.0. The van der Waals surface area contributed by atoms with Crippen LogP contribution in [0.1, 0.15) is 23.7 Å². The highest BCUT2D eigenvalue weighted by molar-refractivity contribution is 6.37. The number of hydrogen-bond acceptors (Lipinski definition) is 6. The van der Waals surface area contributed by atoms with E-state index in [0.29, 0.717) is 0 Å². The summed E-state index contributed by atoms with van der Waals surface area (Å²) in [6, 6.07) is 2.37. The number of pyridine rings is 2. The van der Waals surface area contributed by atoms with E-state index >= 15 is 0 Å². The van der Waals surface area contributed by atoms with Gasteiger partial charge in [0.1, 0.15) is 23.2 Å². The minimum absolute atomic E-state index is 0.0400. The van der Waals surface area contributed by atoms with Crippen molar-refractivity contribution in [2.24, 2.45) is 0 Å². The Morgan fingerprint density at radius 2 is 1.78 bits per heavy atom. The molecule has 8 nitrogen and oxygen atoms in total. The van der Waals surface area contributed by atoms with E-state index in [1.165, 1.54) is 19.1 Å². The summed E-state index contributed by atoms with van der Waals surface area (Å²) in [6.07, 6.45) is -6.34. The summed E-state index contributed by atoms with van der Waals surface area (Å²) in [5, 5.41) is 21.0. The fourth-order valence-electron chi connectivity index (χ4n) is 4.07. The van der Waals surface area contributed by atoms with Crippen LogP contribution in [0.3, 0.4) is 0 Å². The van der Waals surface area contributed by atoms with Crippen LogP contribution in [0.4, 0.5) is 23.4 Å². The van der Waals surface area contributed by atoms with E-state index in [1.807, 2.05) is 5.32 Å². The number of anilines is 1. The van der Waals surface area contributed by atoms with Crippen molar-refractivity contribution in [2.75, 3.05) is 18.0 Å². The van der Waals surface area contributed by atoms with Gasteiger partial charge in [0.15, 0.2) is 5.65 Å². The topological polar surface area (TPSA) is 108 Å². The Morgan fingerprint density at radius 3 is 2.32 bits per heavy atom. The second-order valence-electron chi connectivity index (χ2n) is 8.52. The summed E-state index contributed by atoms with van der Waals surface area (Å²) in [6.45, 7) is 1.31. The van der Waals surface area contributed by atoms with Crippen molar-refractivity contribution in [3.63, 3.8) is 0 Å². The van der Waals surface area contributed by atoms with Gasteiger partial charge in [-0.15, -0.1) is 0 Å². The van der Waals surface area contributed by atoms with E-state index in [-0.39, 0.29) is 45.7 Å². The lowest BCUT2D eigenvalue weighted by Crippen LogP contribution is -2.46. The summed E-state index contributed by atoms with van der Waals surface area (Å²) in [7, 11) is 0. The Labute approximate surface area is 217 Å². The van der Waals surface area contributed by atoms with Crippen LogP contribution < -0.4 is 15.6 Å². The van der Waals surface area contributed by atoms with Crippen LogP contribution in [0.2, 0.25) is 10.0 Å². The maximum atomic E-state index is 13.9. The minimum atomic E-state index is -4.74. The monoisotopic (exact) mass is 562 g/mol. The van der Waals surface area contributed by atoms with Gasteiger partial charge in [-0.2, -0.15) is 13.2 Å². The lowest BCUT2D eigenvalue weighted by Gasteiger charge is -2.21. The highest BCUT2D eigenvalue weighted by Crippen LogP contribution is 2.33. The SMILES string of the molecule is CC[C@@H](NC(=O)c1cn(-c2c(Cl)cc(F)cc2Cl)c2nc(N3C[C@@H](O)[C@H](O)C3)ccc2c1=O)C(F)(F)F. The van der Waals surface area contributed by atoms with Crippen molar-refractivity contribution in [1.82, 2.24) is 14.9 Å². The number of β-amino-alcohol motifs (C(OH)–C–C–N with tert-alkyl or cyclic N) is 2. The fourth-order valence-corrected chi connectivity index (χ4v) is 4.72. The molecule has 0 saturated carbocycles. The summed E-state index contributed by atoms with van der Waals surface area (Å²) < 4.78 is 54.8. The maximum Gasteiger partial charge on any atom is 0.408 e. The Morgan fingerprint density at radius 1 is 1.19 bits per heavy atom. The van der Waals surface area contributed by atoms with Gasteiger partial charge in [0.25, 0.3) is 5.91 Å². The van der Waals surface area contributed by atoms with E-state index in [9.17, 15) is 37.4 Å². The van der Waals surface area contributed by atoms with Crippen molar-refractivity contribution in [3.8, 4) is 5.69 Å². The Hall–Kier alpha value is -2.93. The van der Waals surface area contributed by atoms with Crippen LogP contribution in [0.15, 0.2) is 35.3 Å². The van der Waals surface area contributed by atoms with Crippen LogP contribution in [-0.2, 0) is 0 Å². The first-order chi connectivity index (χ1) is 17.3. The number of alkyl halides is 3. The molecule has 1 saturated heterocycles. The lowest BCUT2D eigenvalue weighted by atomic mass is 10.1. The zero-order valence-corrected chi connectivity index (χ0v) is 20.6. The molecule has 1 amide bonds. The van der Waals surface area contributed by atoms with Gasteiger partial charge in [0.05, 0.1) is 33.3 Å². The molecule has 3 heterocycles. The third-order valence-electron chi connectivity index (χ3n) is 5.99. The van der Waals surface area contributed by atoms with Gasteiger partial charge in [0, 0.05) is 19.3 Å². The normalized spacial score (nSPS) is 18.9. The molecule has 3 N–H and O–H groups in total. The molecule has 0 spiro atoms. The van der Waals surface area contributed by atoms with Gasteiger partial charge in [-0.3, -0.25) is 14.2 Å². The van der Waals surface area contributed by atoms with E-state index in [1.54, 1.807) is 4.90 Å². The van der Waals surface area contributed by atoms with E-state index in [0.717, 1.165) is 22.9 Å². The highest BCUT2D eigenvalue weighted by Gasteiger charge is 2.40. The smallest absolute Gasteiger partial charge is 0.389 e. The Bertz CT molecular complexity index is 1400. The molecule has 14 heteroatoms. The maximum absolute atomic E-state index is 13.9. The molecule has 1 aliphatic heterocycles. The number of fused-ring (bicyclic) bond motifs is 1. The van der Waals surface area contributed by atoms with E-state index < -0.39 is 53.6 Å². The molecule has 1 aromatic carbocycles. The van der Waals surface area contributed by atoms with Crippen LogP contribution in [0, 0.1) is 5.82 Å². The Kier molecular flexibility index (Phi) is 7.39. The summed E-state index contributed by atoms with van der Waals surface area (Å²) in [5.74, 6) is -1.81. The van der Waals surface area contributed by atoms with Crippen molar-refractivity contribution >= 4 is 46.0 Å². The molecule has 3 aromatic rings. The molecule has 198 valence electrons. The van der Waals surface area contributed by atoms with Gasteiger partial charge in [-0.1, -0.05) is 30.1 Å². The molecule has 0 aliphatic carbocycles. The molecule has 2 aromatic heterocycles. The number of rotatable bonds is 5. The van der Waals surface area contributed by atoms with E-state index in [4.69, 9.17) is 23.2 Å². The third-order valence-corrected chi connectivity index (χ3v) is 6.57. The predicted octanol–water partition coefficient (Wildman–Crippen LogP) is 3.44. The number of aliphatic hydroxyl groups is 2. The molecule has 1 fully saturated rings. The summed E-state index contributed by atoms with van der Waals surface area (Å²) in [5.41, 5.74) is -1.71. The number of aromatic nitrogens is 2. The van der Waals surface area contributed by atoms with Crippen LogP contribution in [-0.4, -0.2) is 63.2 Å². The van der Waals surface area contributed by atoms with Crippen molar-refractivity contribution in [1.29, 1.82) is 0 Å². The van der Waals surface area contributed by atoms with Crippen LogP contribution >= 0.6 is 23.2 Å². The lowest BCUT2D eigenvalue weighted by molar-refractivity contribution is -0.153. The zero-order valence-electron chi connectivity index (χ0n) is 19.1. The number of amides is 1. The Balaban J connectivity index is 1.94. The first-order valence-electron chi connectivity index (χ1n) is 11.0. The second-order valence-corrected chi connectivity index (χ2v) is 9.33. The van der Waals surface area contributed by atoms with Gasteiger partial charge >= 0.3 is 6.18 Å². The summed E-state index contributed by atoms with van der Waals surface area (Å²) >= 11 is 12.5. The van der Waals surface area contributed by atoms with Crippen molar-refractivity contribution in [3.05, 3.63) is 62.1 Å². The second kappa shape index (κ2) is 10.1. The largest absolute Gasteiger partial charge is 0.408 e. The number of carbonyl (C=O) groups excluding carboxylic acids is 1. The zero-order chi connectivity index (χ0) is 27.2.